The van der Waals surface area contributed by atoms with Crippen molar-refractivity contribution in [1.29, 1.82) is 0 Å². The topological polar surface area (TPSA) is 57.7 Å². The van der Waals surface area contributed by atoms with E-state index in [2.05, 4.69) is 0 Å². The van der Waals surface area contributed by atoms with Crippen LogP contribution in [0.1, 0.15) is 44.9 Å². The molecule has 3 fully saturated rings. The highest BCUT2D eigenvalue weighted by atomic mass is 32.2. The van der Waals surface area contributed by atoms with Crippen molar-refractivity contribution in [1.82, 2.24) is 4.31 Å². The Morgan fingerprint density at radius 1 is 1.12 bits per heavy atom. The van der Waals surface area contributed by atoms with Gasteiger partial charge in [0, 0.05) is 25.8 Å². The highest BCUT2D eigenvalue weighted by Crippen LogP contribution is 2.50. The average molecular weight is 377 g/mol. The van der Waals surface area contributed by atoms with Crippen LogP contribution in [0.5, 0.6) is 0 Å². The van der Waals surface area contributed by atoms with Gasteiger partial charge in [-0.3, -0.25) is 4.79 Å². The molecule has 2 saturated carbocycles. The second kappa shape index (κ2) is 6.64. The molecule has 5 nitrogen and oxygen atoms in total. The maximum absolute atomic E-state index is 13.4. The summed E-state index contributed by atoms with van der Waals surface area (Å²) in [6.07, 6.45) is 6.84. The molecule has 4 rings (SSSR count). The zero-order chi connectivity index (χ0) is 18.4. The number of hydrogen-bond donors (Lipinski definition) is 0. The number of anilines is 1. The average Bonchev–Trinajstić information content (AvgIpc) is 3.46. The molecular weight excluding hydrogens is 348 g/mol. The molecule has 3 aliphatic rings. The van der Waals surface area contributed by atoms with Gasteiger partial charge in [-0.05, 0) is 43.2 Å². The molecule has 1 aliphatic heterocycles. The molecule has 0 aromatic heterocycles. The number of hydrogen-bond acceptors (Lipinski definition) is 3. The van der Waals surface area contributed by atoms with Gasteiger partial charge in [0.15, 0.2) is 0 Å². The standard InChI is InChI=1S/C20H28N2O3S/c1-21(16-8-4-2-5-9-16)19(23)18-14-22(26(24,25)17-10-11-17)15-20(18)12-6-3-7-13-20/h2,4-5,8-9,17-18H,3,6-7,10-15H2,1H3. The van der Waals surface area contributed by atoms with Crippen LogP contribution in [0.3, 0.4) is 0 Å². The van der Waals surface area contributed by atoms with E-state index in [0.29, 0.717) is 13.1 Å². The molecule has 1 spiro atoms. The van der Waals surface area contributed by atoms with Gasteiger partial charge in [0.1, 0.15) is 0 Å². The molecule has 1 atom stereocenters. The summed E-state index contributed by atoms with van der Waals surface area (Å²) >= 11 is 0. The van der Waals surface area contributed by atoms with Crippen LogP contribution in [0, 0.1) is 11.3 Å². The SMILES string of the molecule is CN(C(=O)C1CN(S(=O)(=O)C2CC2)CC12CCCCC2)c1ccccc1. The van der Waals surface area contributed by atoms with E-state index in [9.17, 15) is 13.2 Å². The fourth-order valence-electron chi connectivity index (χ4n) is 4.81. The third-order valence-electron chi connectivity index (χ3n) is 6.54. The summed E-state index contributed by atoms with van der Waals surface area (Å²) in [5, 5.41) is -0.205. The van der Waals surface area contributed by atoms with Crippen molar-refractivity contribution < 1.29 is 13.2 Å². The molecule has 0 bridgehead atoms. The van der Waals surface area contributed by atoms with Gasteiger partial charge in [0.05, 0.1) is 11.2 Å². The molecule has 142 valence electrons. The molecule has 1 aromatic carbocycles. The quantitative estimate of drug-likeness (QED) is 0.812. The maximum Gasteiger partial charge on any atom is 0.231 e. The summed E-state index contributed by atoms with van der Waals surface area (Å²) in [7, 11) is -1.42. The Balaban J connectivity index is 1.62. The minimum Gasteiger partial charge on any atom is -0.315 e. The van der Waals surface area contributed by atoms with E-state index in [1.807, 2.05) is 37.4 Å². The first kappa shape index (κ1) is 18.0. The number of amides is 1. The van der Waals surface area contributed by atoms with Gasteiger partial charge in [0.2, 0.25) is 15.9 Å². The van der Waals surface area contributed by atoms with Gasteiger partial charge in [-0.25, -0.2) is 12.7 Å². The Morgan fingerprint density at radius 2 is 1.77 bits per heavy atom. The molecule has 6 heteroatoms. The predicted molar refractivity (Wildman–Crippen MR) is 102 cm³/mol. The van der Waals surface area contributed by atoms with Gasteiger partial charge in [0.25, 0.3) is 0 Å². The van der Waals surface area contributed by atoms with Crippen LogP contribution in [0.15, 0.2) is 30.3 Å². The molecule has 1 saturated heterocycles. The van der Waals surface area contributed by atoms with E-state index in [1.54, 1.807) is 9.21 Å². The van der Waals surface area contributed by atoms with Gasteiger partial charge >= 0.3 is 0 Å². The summed E-state index contributed by atoms with van der Waals surface area (Å²) in [5.41, 5.74) is 0.687. The van der Waals surface area contributed by atoms with E-state index >= 15 is 0 Å². The van der Waals surface area contributed by atoms with Crippen LogP contribution in [0.4, 0.5) is 5.69 Å². The summed E-state index contributed by atoms with van der Waals surface area (Å²) in [6, 6.07) is 9.64. The summed E-state index contributed by atoms with van der Waals surface area (Å²) in [5.74, 6) is -0.173. The van der Waals surface area contributed by atoms with Crippen LogP contribution in [0.2, 0.25) is 0 Å². The molecule has 1 amide bonds. The first-order valence-electron chi connectivity index (χ1n) is 9.76. The third kappa shape index (κ3) is 3.07. The molecule has 1 aromatic rings. The molecule has 0 N–H and O–H groups in total. The lowest BCUT2D eigenvalue weighted by atomic mass is 9.67. The lowest BCUT2D eigenvalue weighted by Crippen LogP contribution is -2.43. The Morgan fingerprint density at radius 3 is 2.38 bits per heavy atom. The number of rotatable bonds is 4. The van der Waals surface area contributed by atoms with Crippen molar-refractivity contribution in [2.75, 3.05) is 25.0 Å². The van der Waals surface area contributed by atoms with E-state index in [0.717, 1.165) is 44.2 Å². The zero-order valence-electron chi connectivity index (χ0n) is 15.4. The number of benzene rings is 1. The lowest BCUT2D eigenvalue weighted by Gasteiger charge is -2.38. The van der Waals surface area contributed by atoms with E-state index in [1.165, 1.54) is 6.42 Å². The van der Waals surface area contributed by atoms with Crippen molar-refractivity contribution in [3.63, 3.8) is 0 Å². The Kier molecular flexibility index (Phi) is 4.59. The van der Waals surface area contributed by atoms with E-state index in [-0.39, 0.29) is 22.5 Å². The van der Waals surface area contributed by atoms with E-state index in [4.69, 9.17) is 0 Å². The number of carbonyl (C=O) groups is 1. The van der Waals surface area contributed by atoms with Crippen molar-refractivity contribution in [3.8, 4) is 0 Å². The van der Waals surface area contributed by atoms with Gasteiger partial charge in [-0.15, -0.1) is 0 Å². The first-order valence-corrected chi connectivity index (χ1v) is 11.3. The molecule has 0 radical (unpaired) electrons. The van der Waals surface area contributed by atoms with Gasteiger partial charge in [-0.2, -0.15) is 0 Å². The maximum atomic E-state index is 13.4. The predicted octanol–water partition coefficient (Wildman–Crippen LogP) is 3.02. The number of para-hydroxylation sites is 1. The molecular formula is C20H28N2O3S. The van der Waals surface area contributed by atoms with Crippen LogP contribution in [-0.2, 0) is 14.8 Å². The van der Waals surface area contributed by atoms with Crippen molar-refractivity contribution in [3.05, 3.63) is 30.3 Å². The van der Waals surface area contributed by atoms with Crippen molar-refractivity contribution in [2.45, 2.75) is 50.2 Å². The zero-order valence-corrected chi connectivity index (χ0v) is 16.2. The van der Waals surface area contributed by atoms with Gasteiger partial charge < -0.3 is 4.90 Å². The first-order chi connectivity index (χ1) is 12.4. The normalized spacial score (nSPS) is 26.1. The fraction of sp³-hybridized carbons (Fsp3) is 0.650. The highest BCUT2D eigenvalue weighted by molar-refractivity contribution is 7.90. The summed E-state index contributed by atoms with van der Waals surface area (Å²) in [4.78, 5) is 15.1. The number of carbonyl (C=O) groups excluding carboxylic acids is 1. The van der Waals surface area contributed by atoms with Crippen LogP contribution >= 0.6 is 0 Å². The minimum atomic E-state index is -3.24. The Bertz CT molecular complexity index is 768. The largest absolute Gasteiger partial charge is 0.315 e. The third-order valence-corrected chi connectivity index (χ3v) is 8.86. The monoisotopic (exact) mass is 376 g/mol. The van der Waals surface area contributed by atoms with Crippen LogP contribution in [-0.4, -0.2) is 44.0 Å². The number of nitrogens with zero attached hydrogens (tertiary/aromatic N) is 2. The minimum absolute atomic E-state index is 0.0617. The second-order valence-corrected chi connectivity index (χ2v) is 10.5. The van der Waals surface area contributed by atoms with Crippen LogP contribution in [0.25, 0.3) is 0 Å². The summed E-state index contributed by atoms with van der Waals surface area (Å²) in [6.45, 7) is 0.889. The van der Waals surface area contributed by atoms with Gasteiger partial charge in [-0.1, -0.05) is 37.5 Å². The Labute approximate surface area is 156 Å². The Hall–Kier alpha value is -1.40. The molecule has 2 aliphatic carbocycles. The fourth-order valence-corrected chi connectivity index (χ4v) is 6.76. The van der Waals surface area contributed by atoms with Crippen molar-refractivity contribution >= 4 is 21.6 Å². The highest BCUT2D eigenvalue weighted by Gasteiger charge is 2.55. The summed E-state index contributed by atoms with van der Waals surface area (Å²) < 4.78 is 27.3. The smallest absolute Gasteiger partial charge is 0.231 e. The van der Waals surface area contributed by atoms with Crippen LogP contribution < -0.4 is 4.90 Å². The molecule has 26 heavy (non-hydrogen) atoms. The molecule has 1 unspecified atom stereocenters. The van der Waals surface area contributed by atoms with E-state index < -0.39 is 10.0 Å². The van der Waals surface area contributed by atoms with Crippen molar-refractivity contribution in [2.24, 2.45) is 11.3 Å². The molecule has 1 heterocycles. The second-order valence-electron chi connectivity index (χ2n) is 8.25. The number of sulfonamides is 1. The lowest BCUT2D eigenvalue weighted by molar-refractivity contribution is -0.125.